The van der Waals surface area contributed by atoms with Crippen LogP contribution in [-0.4, -0.2) is 80.6 Å². The van der Waals surface area contributed by atoms with Gasteiger partial charge in [0.05, 0.1) is 12.8 Å². The van der Waals surface area contributed by atoms with Gasteiger partial charge in [0.25, 0.3) is 11.8 Å². The van der Waals surface area contributed by atoms with Gasteiger partial charge in [0.2, 0.25) is 0 Å². The molecule has 9 nitrogen and oxygen atoms in total. The number of aryl methyl sites for hydroxylation is 1. The maximum atomic E-state index is 13.8. The summed E-state index contributed by atoms with van der Waals surface area (Å²) in [6.45, 7) is 2.64. The highest BCUT2D eigenvalue weighted by atomic mass is 32.1. The summed E-state index contributed by atoms with van der Waals surface area (Å²) >= 11 is 1.36. The summed E-state index contributed by atoms with van der Waals surface area (Å²) in [6.07, 6.45) is 6.95. The molecule has 0 aliphatic carbocycles. The van der Waals surface area contributed by atoms with Gasteiger partial charge in [0, 0.05) is 68.6 Å². The summed E-state index contributed by atoms with van der Waals surface area (Å²) in [5.74, 6) is 0.838. The summed E-state index contributed by atoms with van der Waals surface area (Å²) in [6, 6.07) is 16.7. The molecule has 3 aliphatic heterocycles. The van der Waals surface area contributed by atoms with Crippen LogP contribution in [0, 0.1) is 5.92 Å². The summed E-state index contributed by atoms with van der Waals surface area (Å²) in [5.41, 5.74) is 4.48. The molecule has 3 aliphatic rings. The second-order valence-electron chi connectivity index (χ2n) is 11.0. The van der Waals surface area contributed by atoms with Crippen LogP contribution in [-0.2, 0) is 16.6 Å². The minimum atomic E-state index is -0.842. The quantitative estimate of drug-likeness (QED) is 0.350. The molecule has 2 saturated heterocycles. The standard InChI is InChI=1S/C31H30N6O3S/c1-35-19-26(16-33-35)24-4-2-22(3-5-24)23-6-8-25(9-7-23)27-34-31(11-14-40-20-31)30(39)37(27)18-21-10-13-36(17-21)29(38)28-32-12-15-41-28/h2-9,12,15-16,19,21H,10-11,13-14,17-18,20H2,1H3. The number of carbonyl (C=O) groups is 2. The molecule has 2 unspecified atom stereocenters. The van der Waals surface area contributed by atoms with Crippen molar-refractivity contribution in [3.05, 3.63) is 83.1 Å². The Hall–Kier alpha value is -4.15. The zero-order valence-corrected chi connectivity index (χ0v) is 23.6. The summed E-state index contributed by atoms with van der Waals surface area (Å²) in [4.78, 5) is 39.5. The van der Waals surface area contributed by atoms with Gasteiger partial charge in [-0.3, -0.25) is 19.2 Å². The number of amidine groups is 1. The maximum Gasteiger partial charge on any atom is 0.282 e. The molecule has 4 aromatic rings. The van der Waals surface area contributed by atoms with Crippen LogP contribution in [0.2, 0.25) is 0 Å². The number of nitrogens with zero attached hydrogens (tertiary/aromatic N) is 6. The highest BCUT2D eigenvalue weighted by Crippen LogP contribution is 2.35. The van der Waals surface area contributed by atoms with Crippen molar-refractivity contribution < 1.29 is 14.3 Å². The number of rotatable bonds is 6. The van der Waals surface area contributed by atoms with Crippen LogP contribution in [0.1, 0.15) is 28.2 Å². The Morgan fingerprint density at radius 1 is 1.05 bits per heavy atom. The van der Waals surface area contributed by atoms with Crippen LogP contribution in [0.25, 0.3) is 22.3 Å². The lowest BCUT2D eigenvalue weighted by Gasteiger charge is -2.25. The van der Waals surface area contributed by atoms with Crippen LogP contribution in [0.15, 0.2) is 77.5 Å². The number of amides is 2. The van der Waals surface area contributed by atoms with E-state index in [1.165, 1.54) is 11.3 Å². The highest BCUT2D eigenvalue weighted by molar-refractivity contribution is 7.11. The van der Waals surface area contributed by atoms with Crippen LogP contribution in [0.3, 0.4) is 0 Å². The number of thiazole rings is 1. The predicted octanol–water partition coefficient (Wildman–Crippen LogP) is 4.12. The molecule has 7 rings (SSSR count). The molecule has 10 heteroatoms. The molecule has 208 valence electrons. The van der Waals surface area contributed by atoms with E-state index in [-0.39, 0.29) is 17.7 Å². The number of benzene rings is 2. The van der Waals surface area contributed by atoms with Crippen LogP contribution >= 0.6 is 11.3 Å². The van der Waals surface area contributed by atoms with E-state index >= 15 is 0 Å². The number of hydrogen-bond acceptors (Lipinski definition) is 7. The molecular weight excluding hydrogens is 536 g/mol. The first-order valence-corrected chi connectivity index (χ1v) is 14.8. The molecule has 5 heterocycles. The third kappa shape index (κ3) is 4.76. The summed E-state index contributed by atoms with van der Waals surface area (Å²) in [5, 5.41) is 6.59. The SMILES string of the molecule is Cn1cc(-c2ccc(-c3ccc(C4=NC5(CCOC5)C(=O)N4CC4CCN(C(=O)c5nccs5)C4)cc3)cc2)cn1. The number of ether oxygens (including phenoxy) is 1. The summed E-state index contributed by atoms with van der Waals surface area (Å²) in [7, 11) is 1.91. The average molecular weight is 567 g/mol. The lowest BCUT2D eigenvalue weighted by molar-refractivity contribution is -0.131. The van der Waals surface area contributed by atoms with Gasteiger partial charge in [-0.05, 0) is 29.0 Å². The molecule has 0 N–H and O–H groups in total. The first-order chi connectivity index (χ1) is 20.0. The molecule has 2 fully saturated rings. The van der Waals surface area contributed by atoms with E-state index in [4.69, 9.17) is 9.73 Å². The van der Waals surface area contributed by atoms with E-state index in [9.17, 15) is 9.59 Å². The van der Waals surface area contributed by atoms with Gasteiger partial charge in [-0.1, -0.05) is 48.5 Å². The average Bonchev–Trinajstić information content (AvgIpc) is 3.84. The van der Waals surface area contributed by atoms with E-state index < -0.39 is 5.54 Å². The van der Waals surface area contributed by atoms with Gasteiger partial charge < -0.3 is 9.64 Å². The van der Waals surface area contributed by atoms with Crippen LogP contribution in [0.4, 0.5) is 0 Å². The first-order valence-electron chi connectivity index (χ1n) is 13.9. The Labute approximate surface area is 242 Å². The molecule has 2 aromatic carbocycles. The maximum absolute atomic E-state index is 13.8. The zero-order chi connectivity index (χ0) is 28.0. The van der Waals surface area contributed by atoms with E-state index in [1.54, 1.807) is 10.9 Å². The van der Waals surface area contributed by atoms with Gasteiger partial charge in [0.15, 0.2) is 10.5 Å². The molecule has 41 heavy (non-hydrogen) atoms. The van der Waals surface area contributed by atoms with Gasteiger partial charge in [-0.15, -0.1) is 11.3 Å². The molecular formula is C31H30N6O3S. The second-order valence-corrected chi connectivity index (χ2v) is 11.9. The highest BCUT2D eigenvalue weighted by Gasteiger charge is 2.51. The first kappa shape index (κ1) is 25.8. The van der Waals surface area contributed by atoms with E-state index in [0.29, 0.717) is 50.1 Å². The fraction of sp³-hybridized carbons (Fsp3) is 0.323. The molecule has 1 spiro atoms. The number of aromatic nitrogens is 3. The lowest BCUT2D eigenvalue weighted by Crippen LogP contribution is -2.45. The Balaban J connectivity index is 1.10. The van der Waals surface area contributed by atoms with Crippen LogP contribution in [0.5, 0.6) is 0 Å². The van der Waals surface area contributed by atoms with Crippen molar-refractivity contribution in [3.63, 3.8) is 0 Å². The third-order valence-electron chi connectivity index (χ3n) is 8.25. The Morgan fingerprint density at radius 2 is 1.76 bits per heavy atom. The van der Waals surface area contributed by atoms with Crippen molar-refractivity contribution >= 4 is 29.0 Å². The summed E-state index contributed by atoms with van der Waals surface area (Å²) < 4.78 is 7.45. The van der Waals surface area contributed by atoms with E-state index in [1.807, 2.05) is 46.8 Å². The Morgan fingerprint density at radius 3 is 2.37 bits per heavy atom. The van der Waals surface area contributed by atoms with Crippen molar-refractivity contribution in [2.75, 3.05) is 32.8 Å². The molecule has 2 amide bonds. The fourth-order valence-corrected chi connectivity index (χ4v) is 6.59. The fourth-order valence-electron chi connectivity index (χ4n) is 5.98. The second kappa shape index (κ2) is 10.4. The van der Waals surface area contributed by atoms with Crippen molar-refractivity contribution in [2.45, 2.75) is 18.4 Å². The molecule has 2 aromatic heterocycles. The van der Waals surface area contributed by atoms with E-state index in [0.717, 1.165) is 34.2 Å². The zero-order valence-electron chi connectivity index (χ0n) is 22.8. The minimum absolute atomic E-state index is 0.00441. The normalized spacial score (nSPS) is 22.2. The Kier molecular flexibility index (Phi) is 6.51. The smallest absolute Gasteiger partial charge is 0.282 e. The predicted molar refractivity (Wildman–Crippen MR) is 157 cm³/mol. The van der Waals surface area contributed by atoms with Crippen LogP contribution < -0.4 is 0 Å². The van der Waals surface area contributed by atoms with Crippen molar-refractivity contribution in [3.8, 4) is 22.3 Å². The number of hydrogen-bond donors (Lipinski definition) is 0. The topological polar surface area (TPSA) is 92.9 Å². The van der Waals surface area contributed by atoms with Gasteiger partial charge in [0.1, 0.15) is 5.84 Å². The van der Waals surface area contributed by atoms with Crippen molar-refractivity contribution in [2.24, 2.45) is 18.0 Å². The van der Waals surface area contributed by atoms with Crippen molar-refractivity contribution in [1.29, 1.82) is 0 Å². The van der Waals surface area contributed by atoms with Gasteiger partial charge in [-0.25, -0.2) is 9.98 Å². The Bertz CT molecular complexity index is 1600. The number of aliphatic imine (C=N–C) groups is 1. The molecule has 0 radical (unpaired) electrons. The lowest BCUT2D eigenvalue weighted by atomic mass is 9.98. The third-order valence-corrected chi connectivity index (χ3v) is 9.01. The molecule has 0 bridgehead atoms. The minimum Gasteiger partial charge on any atom is -0.378 e. The monoisotopic (exact) mass is 566 g/mol. The van der Waals surface area contributed by atoms with E-state index in [2.05, 4.69) is 46.5 Å². The molecule has 2 atom stereocenters. The van der Waals surface area contributed by atoms with Gasteiger partial charge in [-0.2, -0.15) is 5.10 Å². The number of likely N-dealkylation sites (tertiary alicyclic amines) is 1. The number of carbonyl (C=O) groups excluding carboxylic acids is 2. The van der Waals surface area contributed by atoms with Crippen molar-refractivity contribution in [1.82, 2.24) is 24.6 Å². The van der Waals surface area contributed by atoms with Gasteiger partial charge >= 0.3 is 0 Å². The largest absolute Gasteiger partial charge is 0.378 e. The molecule has 0 saturated carbocycles.